The molecule has 0 heterocycles. The van der Waals surface area contributed by atoms with Crippen LogP contribution in [0.4, 0.5) is 0 Å². The molecule has 3 heteroatoms. The molecule has 0 fully saturated rings. The molecule has 0 aromatic carbocycles. The first-order chi connectivity index (χ1) is 10.5. The summed E-state index contributed by atoms with van der Waals surface area (Å²) in [6, 6.07) is 0. The normalized spacial score (nSPS) is 11.9. The Labute approximate surface area is 149 Å². The zero-order valence-corrected chi connectivity index (χ0v) is 19.8. The SMILES string of the molecule is CCCN(C)CC[CH2][In]([CH2]CCN(CCC)CCC)[CH](C)C. The van der Waals surface area contributed by atoms with Gasteiger partial charge in [-0.2, -0.15) is 0 Å². The summed E-state index contributed by atoms with van der Waals surface area (Å²) < 4.78 is 4.29. The van der Waals surface area contributed by atoms with Crippen molar-refractivity contribution in [3.63, 3.8) is 0 Å². The minimum atomic E-state index is -1.28. The Morgan fingerprint density at radius 1 is 0.727 bits per heavy atom. The van der Waals surface area contributed by atoms with Crippen molar-refractivity contribution < 1.29 is 0 Å². The molecule has 2 nitrogen and oxygen atoms in total. The number of hydrogen-bond acceptors (Lipinski definition) is 2. The van der Waals surface area contributed by atoms with E-state index in [4.69, 9.17) is 0 Å². The Bertz CT molecular complexity index is 227. The van der Waals surface area contributed by atoms with Gasteiger partial charge in [0, 0.05) is 0 Å². The van der Waals surface area contributed by atoms with Gasteiger partial charge in [0.1, 0.15) is 0 Å². The molecule has 22 heavy (non-hydrogen) atoms. The van der Waals surface area contributed by atoms with Crippen LogP contribution in [0.5, 0.6) is 0 Å². The van der Waals surface area contributed by atoms with E-state index in [1.165, 1.54) is 64.8 Å². The van der Waals surface area contributed by atoms with Crippen LogP contribution in [0.1, 0.15) is 66.7 Å². The summed E-state index contributed by atoms with van der Waals surface area (Å²) in [5, 5.41) is 0. The predicted octanol–water partition coefficient (Wildman–Crippen LogP) is 5.14. The van der Waals surface area contributed by atoms with Gasteiger partial charge < -0.3 is 0 Å². The fraction of sp³-hybridized carbons (Fsp3) is 1.00. The van der Waals surface area contributed by atoms with E-state index in [1.54, 1.807) is 8.35 Å². The van der Waals surface area contributed by atoms with Gasteiger partial charge in [0.05, 0.1) is 0 Å². The van der Waals surface area contributed by atoms with Gasteiger partial charge in [-0.3, -0.25) is 0 Å². The van der Waals surface area contributed by atoms with Crippen LogP contribution in [-0.4, -0.2) is 71.0 Å². The van der Waals surface area contributed by atoms with Crippen LogP contribution in [0.3, 0.4) is 0 Å². The third kappa shape index (κ3) is 12.2. The molecule has 0 aromatic rings. The van der Waals surface area contributed by atoms with Crippen molar-refractivity contribution in [1.82, 2.24) is 9.80 Å². The van der Waals surface area contributed by atoms with Crippen LogP contribution in [0.2, 0.25) is 12.0 Å². The van der Waals surface area contributed by atoms with E-state index in [9.17, 15) is 0 Å². The van der Waals surface area contributed by atoms with E-state index >= 15 is 0 Å². The summed E-state index contributed by atoms with van der Waals surface area (Å²) in [6.07, 6.45) is 6.84. The topological polar surface area (TPSA) is 6.48 Å². The Morgan fingerprint density at radius 3 is 1.68 bits per heavy atom. The van der Waals surface area contributed by atoms with Crippen molar-refractivity contribution in [2.75, 3.05) is 39.8 Å². The summed E-state index contributed by atoms with van der Waals surface area (Å²) in [5.41, 5.74) is 0. The molecule has 0 bridgehead atoms. The van der Waals surface area contributed by atoms with Crippen molar-refractivity contribution in [1.29, 1.82) is 0 Å². The summed E-state index contributed by atoms with van der Waals surface area (Å²) >= 11 is -1.28. The molecule has 0 atom stereocenters. The second-order valence-electron chi connectivity index (χ2n) is 7.43. The molecule has 0 aliphatic heterocycles. The fourth-order valence-electron chi connectivity index (χ4n) is 3.47. The molecule has 0 rings (SSSR count). The standard InChI is InChI=1S/C9H20N.C7H16N.C3H7.In/c1-4-7-10(8-5-2)9-6-3;1-4-6-8(3)7-5-2;1-3-2;/h1,4-9H2,2-3H3;1,4-7H2,2-3H3;3H,1-2H3;. The quantitative estimate of drug-likeness (QED) is 0.366. The van der Waals surface area contributed by atoms with Crippen LogP contribution in [0, 0.1) is 0 Å². The van der Waals surface area contributed by atoms with E-state index in [2.05, 4.69) is 51.5 Å². The van der Waals surface area contributed by atoms with Crippen LogP contribution in [0.15, 0.2) is 0 Å². The fourth-order valence-corrected chi connectivity index (χ4v) is 12.1. The Morgan fingerprint density at radius 2 is 1.23 bits per heavy atom. The van der Waals surface area contributed by atoms with Crippen molar-refractivity contribution in [3.05, 3.63) is 0 Å². The first-order valence-electron chi connectivity index (χ1n) is 9.95. The van der Waals surface area contributed by atoms with E-state index in [0.29, 0.717) is 0 Å². The molecule has 0 N–H and O–H groups in total. The first-order valence-corrected chi connectivity index (χ1v) is 16.5. The van der Waals surface area contributed by atoms with Gasteiger partial charge in [0.2, 0.25) is 0 Å². The molecular weight excluding hydrogens is 371 g/mol. The van der Waals surface area contributed by atoms with Gasteiger partial charge in [-0.25, -0.2) is 0 Å². The van der Waals surface area contributed by atoms with Gasteiger partial charge in [0.25, 0.3) is 0 Å². The summed E-state index contributed by atoms with van der Waals surface area (Å²) in [4.78, 5) is 5.21. The van der Waals surface area contributed by atoms with E-state index < -0.39 is 21.4 Å². The molecule has 0 aromatic heterocycles. The average molecular weight is 414 g/mol. The molecule has 0 amide bonds. The molecule has 0 saturated carbocycles. The van der Waals surface area contributed by atoms with Crippen molar-refractivity contribution in [2.24, 2.45) is 0 Å². The maximum absolute atomic E-state index is 2.69. The number of rotatable bonds is 15. The third-order valence-electron chi connectivity index (χ3n) is 4.79. The van der Waals surface area contributed by atoms with Crippen molar-refractivity contribution in [3.8, 4) is 0 Å². The van der Waals surface area contributed by atoms with E-state index in [-0.39, 0.29) is 0 Å². The monoisotopic (exact) mass is 414 g/mol. The van der Waals surface area contributed by atoms with Crippen molar-refractivity contribution in [2.45, 2.75) is 78.8 Å². The van der Waals surface area contributed by atoms with Gasteiger partial charge in [-0.1, -0.05) is 0 Å². The second-order valence-corrected chi connectivity index (χ2v) is 18.9. The predicted molar refractivity (Wildman–Crippen MR) is 105 cm³/mol. The van der Waals surface area contributed by atoms with Crippen molar-refractivity contribution >= 4 is 21.4 Å². The Kier molecular flexibility index (Phi) is 15.9. The minimum absolute atomic E-state index is 1.05. The van der Waals surface area contributed by atoms with Gasteiger partial charge in [0.15, 0.2) is 0 Å². The van der Waals surface area contributed by atoms with Crippen LogP contribution in [0.25, 0.3) is 0 Å². The Hall–Kier alpha value is 0.790. The second kappa shape index (κ2) is 15.3. The molecule has 0 spiro atoms. The van der Waals surface area contributed by atoms with Gasteiger partial charge in [-0.15, -0.1) is 0 Å². The van der Waals surface area contributed by atoms with Crippen LogP contribution < -0.4 is 0 Å². The van der Waals surface area contributed by atoms with Gasteiger partial charge in [-0.05, 0) is 0 Å². The molecule has 0 aliphatic carbocycles. The summed E-state index contributed by atoms with van der Waals surface area (Å²) in [7, 11) is 2.29. The maximum atomic E-state index is 2.69. The molecular formula is C19H43InN2. The van der Waals surface area contributed by atoms with E-state index in [1.807, 2.05) is 0 Å². The average Bonchev–Trinajstić information content (AvgIpc) is 2.46. The Balaban J connectivity index is 3.97. The first kappa shape index (κ1) is 22.8. The number of hydrogen-bond donors (Lipinski definition) is 0. The zero-order chi connectivity index (χ0) is 16.8. The summed E-state index contributed by atoms with van der Waals surface area (Å²) in [6.45, 7) is 18.5. The van der Waals surface area contributed by atoms with Gasteiger partial charge >= 0.3 is 150 Å². The summed E-state index contributed by atoms with van der Waals surface area (Å²) in [5.74, 6) is 0. The molecule has 0 saturated heterocycles. The van der Waals surface area contributed by atoms with Crippen LogP contribution in [-0.2, 0) is 0 Å². The third-order valence-corrected chi connectivity index (χ3v) is 16.7. The molecule has 132 valence electrons. The molecule has 0 unspecified atom stereocenters. The molecule has 0 aliphatic rings. The molecule has 0 radical (unpaired) electrons. The number of nitrogens with zero attached hydrogens (tertiary/aromatic N) is 2. The zero-order valence-electron chi connectivity index (χ0n) is 16.5. The van der Waals surface area contributed by atoms with Crippen LogP contribution >= 0.6 is 0 Å². The van der Waals surface area contributed by atoms with E-state index in [0.717, 1.165) is 3.67 Å².